The third-order valence-electron chi connectivity index (χ3n) is 1.38. The maximum atomic E-state index is 10.4. The number of carbonyl (C=O) groups is 1. The Hall–Kier alpha value is -1.44. The molecule has 5 N–H and O–H groups in total. The lowest BCUT2D eigenvalue weighted by atomic mass is 10.1. The number of benzene rings is 1. The highest BCUT2D eigenvalue weighted by Gasteiger charge is 2.02. The van der Waals surface area contributed by atoms with Gasteiger partial charge in [-0.15, -0.1) is 0 Å². The highest BCUT2D eigenvalue weighted by molar-refractivity contribution is 7.86. The van der Waals surface area contributed by atoms with Gasteiger partial charge < -0.3 is 5.11 Å². The zero-order valence-corrected chi connectivity index (χ0v) is 8.86. The van der Waals surface area contributed by atoms with Crippen molar-refractivity contribution >= 4 is 16.2 Å². The van der Waals surface area contributed by atoms with Crippen molar-refractivity contribution in [3.05, 3.63) is 35.4 Å². The van der Waals surface area contributed by atoms with Crippen molar-refractivity contribution in [2.45, 2.75) is 6.92 Å². The summed E-state index contributed by atoms with van der Waals surface area (Å²) in [6.07, 6.45) is 0. The molecule has 0 aliphatic carbocycles. The molecule has 0 aliphatic heterocycles. The molecule has 1 rings (SSSR count). The molecule has 84 valence electrons. The van der Waals surface area contributed by atoms with Crippen molar-refractivity contribution in [3.63, 3.8) is 0 Å². The van der Waals surface area contributed by atoms with E-state index in [1.54, 1.807) is 25.1 Å². The second-order valence-electron chi connectivity index (χ2n) is 2.71. The van der Waals surface area contributed by atoms with Crippen LogP contribution in [0.4, 0.5) is 0 Å². The van der Waals surface area contributed by atoms with E-state index in [1.165, 1.54) is 0 Å². The molecular formula is C8H12N2O4S. The predicted octanol–water partition coefficient (Wildman–Crippen LogP) is -0.158. The molecule has 0 heterocycles. The van der Waals surface area contributed by atoms with Gasteiger partial charge in [-0.2, -0.15) is 8.42 Å². The first kappa shape index (κ1) is 13.6. The Morgan fingerprint density at radius 1 is 1.27 bits per heavy atom. The fourth-order valence-corrected chi connectivity index (χ4v) is 0.813. The maximum absolute atomic E-state index is 10.4. The van der Waals surface area contributed by atoms with Crippen LogP contribution in [0, 0.1) is 6.92 Å². The lowest BCUT2D eigenvalue weighted by Crippen LogP contribution is -2.21. The molecule has 0 aliphatic rings. The van der Waals surface area contributed by atoms with Crippen molar-refractivity contribution < 1.29 is 18.3 Å². The number of hydrogen-bond donors (Lipinski definition) is 3. The Kier molecular flexibility index (Phi) is 4.92. The van der Waals surface area contributed by atoms with Crippen LogP contribution in [0.2, 0.25) is 0 Å². The molecule has 6 nitrogen and oxygen atoms in total. The summed E-state index contributed by atoms with van der Waals surface area (Å²) in [7, 11) is -3.67. The lowest BCUT2D eigenvalue weighted by Gasteiger charge is -1.96. The van der Waals surface area contributed by atoms with E-state index in [4.69, 9.17) is 5.11 Å². The molecule has 0 amide bonds. The summed E-state index contributed by atoms with van der Waals surface area (Å²) >= 11 is 0. The van der Waals surface area contributed by atoms with E-state index in [0.717, 1.165) is 5.56 Å². The lowest BCUT2D eigenvalue weighted by molar-refractivity contribution is 0.0696. The number of nitrogens with two attached hydrogens (primary N) is 2. The number of aryl methyl sites for hydroxylation is 1. The molecule has 0 unspecified atom stereocenters. The molecule has 0 fully saturated rings. The first-order valence-electron chi connectivity index (χ1n) is 3.81. The molecule has 0 spiro atoms. The van der Waals surface area contributed by atoms with Gasteiger partial charge in [-0.3, -0.25) is 0 Å². The molecule has 0 aromatic heterocycles. The van der Waals surface area contributed by atoms with Crippen molar-refractivity contribution in [1.29, 1.82) is 0 Å². The third kappa shape index (κ3) is 7.62. The van der Waals surface area contributed by atoms with E-state index in [0.29, 0.717) is 5.56 Å². The quantitative estimate of drug-likeness (QED) is 0.622. The number of rotatable bonds is 1. The van der Waals surface area contributed by atoms with Gasteiger partial charge in [0.05, 0.1) is 5.56 Å². The van der Waals surface area contributed by atoms with Crippen LogP contribution >= 0.6 is 0 Å². The summed E-state index contributed by atoms with van der Waals surface area (Å²) in [6.45, 7) is 1.78. The normalized spacial score (nSPS) is 10.1. The average Bonchev–Trinajstić information content (AvgIpc) is 2.01. The minimum absolute atomic E-state index is 0.377. The molecule has 1 aromatic carbocycles. The number of hydrogen-bond acceptors (Lipinski definition) is 3. The monoisotopic (exact) mass is 232 g/mol. The highest BCUT2D eigenvalue weighted by Crippen LogP contribution is 2.05. The molecule has 1 aromatic rings. The molecule has 0 saturated carbocycles. The van der Waals surface area contributed by atoms with Crippen LogP contribution in [-0.2, 0) is 10.2 Å². The van der Waals surface area contributed by atoms with Gasteiger partial charge in [-0.05, 0) is 18.6 Å². The first-order valence-corrected chi connectivity index (χ1v) is 5.42. The first-order chi connectivity index (χ1) is 6.72. The van der Waals surface area contributed by atoms with Gasteiger partial charge in [0, 0.05) is 0 Å². The van der Waals surface area contributed by atoms with Crippen LogP contribution in [0.15, 0.2) is 24.3 Å². The fourth-order valence-electron chi connectivity index (χ4n) is 0.813. The van der Waals surface area contributed by atoms with Gasteiger partial charge in [0.15, 0.2) is 0 Å². The van der Waals surface area contributed by atoms with Gasteiger partial charge in [0.25, 0.3) is 10.2 Å². The molecule has 0 atom stereocenters. The van der Waals surface area contributed by atoms with Gasteiger partial charge in [-0.25, -0.2) is 15.1 Å². The van der Waals surface area contributed by atoms with E-state index in [2.05, 4.69) is 10.3 Å². The Balaban J connectivity index is 0.000000336. The van der Waals surface area contributed by atoms with E-state index in [1.807, 2.05) is 6.07 Å². The van der Waals surface area contributed by atoms with Crippen LogP contribution in [0.5, 0.6) is 0 Å². The predicted molar refractivity (Wildman–Crippen MR) is 55.4 cm³/mol. The van der Waals surface area contributed by atoms with E-state index in [9.17, 15) is 13.2 Å². The average molecular weight is 232 g/mol. The minimum atomic E-state index is -3.67. The van der Waals surface area contributed by atoms with Gasteiger partial charge in [-0.1, -0.05) is 18.2 Å². The zero-order chi connectivity index (χ0) is 12.1. The Labute approximate surface area is 87.7 Å². The van der Waals surface area contributed by atoms with Crippen LogP contribution < -0.4 is 10.3 Å². The molecule has 0 saturated heterocycles. The zero-order valence-electron chi connectivity index (χ0n) is 8.04. The Bertz CT molecular complexity index is 434. The van der Waals surface area contributed by atoms with Gasteiger partial charge >= 0.3 is 5.97 Å². The second kappa shape index (κ2) is 5.44. The molecule has 0 bridgehead atoms. The fraction of sp³-hybridized carbons (Fsp3) is 0.125. The number of carboxylic acid groups (broad SMARTS) is 1. The van der Waals surface area contributed by atoms with Crippen molar-refractivity contribution in [2.24, 2.45) is 10.3 Å². The van der Waals surface area contributed by atoms with Crippen molar-refractivity contribution in [1.82, 2.24) is 0 Å². The SMILES string of the molecule is Cc1ccccc1C(=O)O.NS(N)(=O)=O. The smallest absolute Gasteiger partial charge is 0.335 e. The summed E-state index contributed by atoms with van der Waals surface area (Å²) in [6, 6.07) is 6.92. The summed E-state index contributed by atoms with van der Waals surface area (Å²) in [4.78, 5) is 10.4. The summed E-state index contributed by atoms with van der Waals surface area (Å²) in [5, 5.41) is 16.8. The van der Waals surface area contributed by atoms with Crippen LogP contribution in [-0.4, -0.2) is 19.5 Å². The summed E-state index contributed by atoms with van der Waals surface area (Å²) in [5.74, 6) is -0.863. The standard InChI is InChI=1S/C8H8O2.H4N2O2S/c1-6-4-2-3-5-7(6)8(9)10;1-5(2,3)4/h2-5H,1H3,(H,9,10);(H4,1,2,3,4). The number of aromatic carboxylic acids is 1. The second-order valence-corrected chi connectivity index (χ2v) is 3.89. The Morgan fingerprint density at radius 3 is 1.93 bits per heavy atom. The van der Waals surface area contributed by atoms with Crippen LogP contribution in [0.3, 0.4) is 0 Å². The van der Waals surface area contributed by atoms with E-state index >= 15 is 0 Å². The van der Waals surface area contributed by atoms with Crippen molar-refractivity contribution in [3.8, 4) is 0 Å². The molecule has 7 heteroatoms. The molecule has 0 radical (unpaired) electrons. The van der Waals surface area contributed by atoms with Gasteiger partial charge in [0.1, 0.15) is 0 Å². The van der Waals surface area contributed by atoms with Crippen LogP contribution in [0.1, 0.15) is 15.9 Å². The van der Waals surface area contributed by atoms with E-state index < -0.39 is 16.2 Å². The molecule has 15 heavy (non-hydrogen) atoms. The third-order valence-corrected chi connectivity index (χ3v) is 1.38. The highest BCUT2D eigenvalue weighted by atomic mass is 32.2. The van der Waals surface area contributed by atoms with Crippen LogP contribution in [0.25, 0.3) is 0 Å². The summed E-state index contributed by atoms with van der Waals surface area (Å²) in [5.41, 5.74) is 1.18. The largest absolute Gasteiger partial charge is 0.478 e. The van der Waals surface area contributed by atoms with Gasteiger partial charge in [0.2, 0.25) is 0 Å². The number of carboxylic acids is 1. The maximum Gasteiger partial charge on any atom is 0.335 e. The molecular weight excluding hydrogens is 220 g/mol. The van der Waals surface area contributed by atoms with Crippen molar-refractivity contribution in [2.75, 3.05) is 0 Å². The summed E-state index contributed by atoms with van der Waals surface area (Å²) < 4.78 is 18.4. The minimum Gasteiger partial charge on any atom is -0.478 e. The topological polar surface area (TPSA) is 123 Å². The van der Waals surface area contributed by atoms with E-state index in [-0.39, 0.29) is 0 Å². The Morgan fingerprint density at radius 2 is 1.67 bits per heavy atom.